The number of benzene rings is 2. The minimum atomic E-state index is -0.439. The van der Waals surface area contributed by atoms with Gasteiger partial charge in [0.1, 0.15) is 17.2 Å². The Morgan fingerprint density at radius 2 is 1.75 bits per heavy atom. The number of carbonyl (C=O) groups excluding carboxylic acids is 2. The van der Waals surface area contributed by atoms with E-state index >= 15 is 0 Å². The fourth-order valence-electron chi connectivity index (χ4n) is 2.96. The minimum Gasteiger partial charge on any atom is -0.497 e. The summed E-state index contributed by atoms with van der Waals surface area (Å²) in [6.45, 7) is 1.96. The number of hydrogen-bond acceptors (Lipinski definition) is 5. The van der Waals surface area contributed by atoms with E-state index in [2.05, 4.69) is 5.32 Å². The van der Waals surface area contributed by atoms with Crippen LogP contribution < -0.4 is 14.8 Å². The summed E-state index contributed by atoms with van der Waals surface area (Å²) in [4.78, 5) is 26.9. The molecule has 1 aliphatic heterocycles. The third kappa shape index (κ3) is 3.53. The van der Waals surface area contributed by atoms with Gasteiger partial charge in [0, 0.05) is 23.2 Å². The lowest BCUT2D eigenvalue weighted by molar-refractivity contribution is -0.136. The summed E-state index contributed by atoms with van der Waals surface area (Å²) < 4.78 is 10.6. The predicted octanol–water partition coefficient (Wildman–Crippen LogP) is 4.22. The van der Waals surface area contributed by atoms with Crippen molar-refractivity contribution in [2.75, 3.05) is 26.1 Å². The molecule has 0 bridgehead atoms. The number of rotatable bonds is 6. The third-order valence-corrected chi connectivity index (χ3v) is 4.90. The molecule has 1 N–H and O–H groups in total. The second-order valence-corrected chi connectivity index (χ2v) is 6.76. The molecule has 0 aromatic heterocycles. The van der Waals surface area contributed by atoms with Crippen LogP contribution in [0.15, 0.2) is 42.1 Å². The first-order valence-corrected chi connectivity index (χ1v) is 9.21. The molecule has 0 atom stereocenters. The Balaban J connectivity index is 2.14. The van der Waals surface area contributed by atoms with Gasteiger partial charge in [-0.15, -0.1) is 0 Å². The van der Waals surface area contributed by atoms with Crippen molar-refractivity contribution in [1.29, 1.82) is 0 Å². The van der Waals surface area contributed by atoms with Gasteiger partial charge in [-0.25, -0.2) is 0 Å². The Labute approximate surface area is 172 Å². The summed E-state index contributed by atoms with van der Waals surface area (Å²) in [5.41, 5.74) is 1.25. The Morgan fingerprint density at radius 1 is 1.00 bits per heavy atom. The Morgan fingerprint density at radius 3 is 2.36 bits per heavy atom. The van der Waals surface area contributed by atoms with Crippen molar-refractivity contribution < 1.29 is 19.1 Å². The van der Waals surface area contributed by atoms with Crippen LogP contribution in [-0.2, 0) is 9.59 Å². The number of imide groups is 1. The molecule has 8 heteroatoms. The first-order valence-electron chi connectivity index (χ1n) is 8.46. The molecule has 0 radical (unpaired) electrons. The second kappa shape index (κ2) is 8.12. The average molecular weight is 421 g/mol. The molecule has 146 valence electrons. The van der Waals surface area contributed by atoms with Crippen LogP contribution in [0.5, 0.6) is 11.5 Å². The number of nitrogens with zero attached hydrogens (tertiary/aromatic N) is 1. The van der Waals surface area contributed by atoms with E-state index in [-0.39, 0.29) is 22.8 Å². The Hall–Kier alpha value is -2.70. The lowest BCUT2D eigenvalue weighted by Gasteiger charge is -2.14. The van der Waals surface area contributed by atoms with Crippen molar-refractivity contribution >= 4 is 46.3 Å². The molecular formula is C20H18Cl2N2O4. The maximum atomic E-state index is 12.9. The van der Waals surface area contributed by atoms with Gasteiger partial charge in [-0.3, -0.25) is 14.5 Å². The largest absolute Gasteiger partial charge is 0.497 e. The molecule has 0 saturated carbocycles. The molecule has 0 aliphatic carbocycles. The fraction of sp³-hybridized carbons (Fsp3) is 0.200. The van der Waals surface area contributed by atoms with Gasteiger partial charge in [0.15, 0.2) is 0 Å². The molecule has 1 aliphatic rings. The van der Waals surface area contributed by atoms with Gasteiger partial charge >= 0.3 is 0 Å². The maximum Gasteiger partial charge on any atom is 0.278 e. The lowest BCUT2D eigenvalue weighted by atomic mass is 10.0. The predicted molar refractivity (Wildman–Crippen MR) is 109 cm³/mol. The monoisotopic (exact) mass is 420 g/mol. The van der Waals surface area contributed by atoms with Gasteiger partial charge in [-0.2, -0.15) is 0 Å². The van der Waals surface area contributed by atoms with Crippen LogP contribution in [0.2, 0.25) is 10.0 Å². The van der Waals surface area contributed by atoms with Crippen molar-refractivity contribution in [3.05, 3.63) is 57.7 Å². The van der Waals surface area contributed by atoms with Crippen molar-refractivity contribution in [2.45, 2.75) is 6.92 Å². The molecule has 0 spiro atoms. The molecule has 1 heterocycles. The second-order valence-electron chi connectivity index (χ2n) is 5.92. The highest BCUT2D eigenvalue weighted by atomic mass is 35.5. The molecule has 28 heavy (non-hydrogen) atoms. The van der Waals surface area contributed by atoms with Crippen LogP contribution in [0.1, 0.15) is 12.5 Å². The summed E-state index contributed by atoms with van der Waals surface area (Å²) in [5.74, 6) is 0.197. The normalized spacial score (nSPS) is 14.0. The third-order valence-electron chi connectivity index (χ3n) is 4.35. The van der Waals surface area contributed by atoms with Crippen LogP contribution in [0.3, 0.4) is 0 Å². The molecule has 0 fully saturated rings. The quantitative estimate of drug-likeness (QED) is 0.708. The SMILES string of the molecule is CCN1C(=O)C(Nc2ccc(OC)cc2OC)=C(c2ccc(Cl)cc2Cl)C1=O. The van der Waals surface area contributed by atoms with Crippen molar-refractivity contribution in [3.63, 3.8) is 0 Å². The highest BCUT2D eigenvalue weighted by molar-refractivity contribution is 6.41. The number of amides is 2. The van der Waals surface area contributed by atoms with Gasteiger partial charge in [-0.1, -0.05) is 29.3 Å². The highest BCUT2D eigenvalue weighted by Gasteiger charge is 2.39. The lowest BCUT2D eigenvalue weighted by Crippen LogP contribution is -2.32. The maximum absolute atomic E-state index is 12.9. The van der Waals surface area contributed by atoms with Crippen LogP contribution in [0, 0.1) is 0 Å². The number of ether oxygens (including phenoxy) is 2. The summed E-state index contributed by atoms with van der Waals surface area (Å²) >= 11 is 12.3. The van der Waals surface area contributed by atoms with Gasteiger partial charge in [0.25, 0.3) is 11.8 Å². The molecule has 3 rings (SSSR count). The standard InChI is InChI=1S/C20H18Cl2N2O4/c1-4-24-19(25)17(13-7-5-11(21)9-14(13)22)18(20(24)26)23-15-8-6-12(27-2)10-16(15)28-3/h5-10,23H,4H2,1-3H3. The Kier molecular flexibility index (Phi) is 5.82. The summed E-state index contributed by atoms with van der Waals surface area (Å²) in [6, 6.07) is 9.88. The Bertz CT molecular complexity index is 988. The molecule has 2 amide bonds. The van der Waals surface area contributed by atoms with Gasteiger partial charge in [0.2, 0.25) is 0 Å². The van der Waals surface area contributed by atoms with E-state index in [9.17, 15) is 9.59 Å². The van der Waals surface area contributed by atoms with E-state index in [1.54, 1.807) is 44.4 Å². The average Bonchev–Trinajstić information content (AvgIpc) is 2.91. The van der Waals surface area contributed by atoms with Crippen molar-refractivity contribution in [1.82, 2.24) is 4.90 Å². The number of carbonyl (C=O) groups is 2. The zero-order valence-electron chi connectivity index (χ0n) is 15.5. The van der Waals surface area contributed by atoms with E-state index in [1.165, 1.54) is 13.2 Å². The van der Waals surface area contributed by atoms with Gasteiger partial charge in [-0.05, 0) is 31.2 Å². The van der Waals surface area contributed by atoms with Crippen LogP contribution in [-0.4, -0.2) is 37.5 Å². The number of hydrogen-bond donors (Lipinski definition) is 1. The number of methoxy groups -OCH3 is 2. The van der Waals surface area contributed by atoms with Crippen molar-refractivity contribution in [2.24, 2.45) is 0 Å². The molecular weight excluding hydrogens is 403 g/mol. The number of anilines is 1. The zero-order valence-corrected chi connectivity index (χ0v) is 17.0. The van der Waals surface area contributed by atoms with E-state index < -0.39 is 11.8 Å². The van der Waals surface area contributed by atoms with E-state index in [4.69, 9.17) is 32.7 Å². The van der Waals surface area contributed by atoms with E-state index in [0.29, 0.717) is 27.8 Å². The van der Waals surface area contributed by atoms with E-state index in [1.807, 2.05) is 0 Å². The number of nitrogens with one attached hydrogen (secondary N) is 1. The van der Waals surface area contributed by atoms with Crippen LogP contribution in [0.4, 0.5) is 5.69 Å². The molecule has 6 nitrogen and oxygen atoms in total. The fourth-order valence-corrected chi connectivity index (χ4v) is 3.46. The smallest absolute Gasteiger partial charge is 0.278 e. The molecule has 2 aromatic rings. The zero-order chi connectivity index (χ0) is 20.4. The molecule has 2 aromatic carbocycles. The minimum absolute atomic E-state index is 0.125. The highest BCUT2D eigenvalue weighted by Crippen LogP contribution is 2.37. The van der Waals surface area contributed by atoms with Crippen LogP contribution in [0.25, 0.3) is 5.57 Å². The topological polar surface area (TPSA) is 67.9 Å². The molecule has 0 saturated heterocycles. The summed E-state index contributed by atoms with van der Waals surface area (Å²) in [6.07, 6.45) is 0. The van der Waals surface area contributed by atoms with E-state index in [0.717, 1.165) is 4.90 Å². The summed E-state index contributed by atoms with van der Waals surface area (Å²) in [7, 11) is 3.05. The van der Waals surface area contributed by atoms with Gasteiger partial charge < -0.3 is 14.8 Å². The van der Waals surface area contributed by atoms with Gasteiger partial charge in [0.05, 0.1) is 30.5 Å². The van der Waals surface area contributed by atoms with Crippen LogP contribution >= 0.6 is 23.2 Å². The van der Waals surface area contributed by atoms with Crippen molar-refractivity contribution in [3.8, 4) is 11.5 Å². The number of likely N-dealkylation sites (N-methyl/N-ethyl adjacent to an activating group) is 1. The number of halogens is 2. The first kappa shape index (κ1) is 20.0. The summed E-state index contributed by atoms with van der Waals surface area (Å²) in [5, 5.41) is 3.76. The first-order chi connectivity index (χ1) is 13.4. The molecule has 0 unspecified atom stereocenters.